The molecule has 0 N–H and O–H groups in total. The molecule has 24 heavy (non-hydrogen) atoms. The van der Waals surface area contributed by atoms with Gasteiger partial charge in [0.25, 0.3) is 5.91 Å². The van der Waals surface area contributed by atoms with Crippen molar-refractivity contribution in [2.45, 2.75) is 13.1 Å². The second-order valence-corrected chi connectivity index (χ2v) is 5.56. The molecule has 2 heterocycles. The van der Waals surface area contributed by atoms with Crippen molar-refractivity contribution < 1.29 is 9.21 Å². The van der Waals surface area contributed by atoms with E-state index < -0.39 is 0 Å². The number of aromatic nitrogens is 1. The summed E-state index contributed by atoms with van der Waals surface area (Å²) in [4.78, 5) is 14.3. The molecule has 0 atom stereocenters. The first-order valence-electron chi connectivity index (χ1n) is 7.89. The molecule has 0 spiro atoms. The van der Waals surface area contributed by atoms with Crippen molar-refractivity contribution in [3.8, 4) is 0 Å². The Morgan fingerprint density at radius 2 is 1.96 bits per heavy atom. The second-order valence-electron chi connectivity index (χ2n) is 5.56. The van der Waals surface area contributed by atoms with Gasteiger partial charge >= 0.3 is 0 Å². The van der Waals surface area contributed by atoms with Crippen LogP contribution in [0.25, 0.3) is 0 Å². The average Bonchev–Trinajstić information content (AvgIpc) is 3.27. The molecule has 0 aliphatic heterocycles. The molecule has 0 saturated heterocycles. The Morgan fingerprint density at radius 3 is 2.67 bits per heavy atom. The molecule has 0 aliphatic carbocycles. The molecule has 2 aromatic heterocycles. The van der Waals surface area contributed by atoms with Gasteiger partial charge < -0.3 is 13.9 Å². The van der Waals surface area contributed by atoms with Crippen LogP contribution in [0.15, 0.2) is 84.1 Å². The van der Waals surface area contributed by atoms with Crippen LogP contribution in [0.4, 0.5) is 0 Å². The molecule has 0 unspecified atom stereocenters. The quantitative estimate of drug-likeness (QED) is 0.618. The number of nitrogens with zero attached hydrogens (tertiary/aromatic N) is 2. The van der Waals surface area contributed by atoms with Crippen LogP contribution in [-0.4, -0.2) is 21.9 Å². The summed E-state index contributed by atoms with van der Waals surface area (Å²) in [6.45, 7) is 5.50. The lowest BCUT2D eigenvalue weighted by Crippen LogP contribution is -2.31. The number of rotatable bonds is 7. The summed E-state index contributed by atoms with van der Waals surface area (Å²) in [5.74, 6) is 0.213. The minimum Gasteiger partial charge on any atom is -0.459 e. The molecule has 0 aliphatic rings. The average molecular weight is 320 g/mol. The van der Waals surface area contributed by atoms with E-state index in [1.807, 2.05) is 36.5 Å². The number of furan rings is 1. The van der Waals surface area contributed by atoms with E-state index in [1.54, 1.807) is 23.1 Å². The molecule has 3 aromatic rings. The minimum atomic E-state index is -0.132. The topological polar surface area (TPSA) is 38.4 Å². The molecule has 1 aromatic carbocycles. The van der Waals surface area contributed by atoms with Gasteiger partial charge in [0.1, 0.15) is 0 Å². The molecule has 0 saturated carbocycles. The first-order chi connectivity index (χ1) is 11.8. The third-order valence-corrected chi connectivity index (χ3v) is 3.84. The summed E-state index contributed by atoms with van der Waals surface area (Å²) >= 11 is 0. The Bertz CT molecular complexity index is 788. The summed E-state index contributed by atoms with van der Waals surface area (Å²) < 4.78 is 7.39. The minimum absolute atomic E-state index is 0.132. The highest BCUT2D eigenvalue weighted by Gasteiger charge is 2.18. The van der Waals surface area contributed by atoms with E-state index in [4.69, 9.17) is 4.42 Å². The maximum atomic E-state index is 12.6. The van der Waals surface area contributed by atoms with Crippen molar-refractivity contribution >= 4 is 5.91 Å². The van der Waals surface area contributed by atoms with Crippen LogP contribution < -0.4 is 0 Å². The van der Waals surface area contributed by atoms with Gasteiger partial charge in [0.05, 0.1) is 12.8 Å². The van der Waals surface area contributed by atoms with Crippen molar-refractivity contribution in [2.24, 2.45) is 0 Å². The number of benzene rings is 1. The van der Waals surface area contributed by atoms with Gasteiger partial charge in [-0.3, -0.25) is 4.79 Å². The Balaban J connectivity index is 1.77. The summed E-state index contributed by atoms with van der Waals surface area (Å²) in [6.07, 6.45) is 5.27. The Hall–Kier alpha value is -3.01. The van der Waals surface area contributed by atoms with Gasteiger partial charge in [-0.25, -0.2) is 0 Å². The third kappa shape index (κ3) is 3.66. The zero-order chi connectivity index (χ0) is 16.8. The zero-order valence-corrected chi connectivity index (χ0v) is 13.5. The van der Waals surface area contributed by atoms with Crippen LogP contribution in [0.1, 0.15) is 21.8 Å². The molecule has 1 amide bonds. The fraction of sp³-hybridized carbons (Fsp3) is 0.150. The lowest BCUT2D eigenvalue weighted by molar-refractivity contribution is 0.0727. The second kappa shape index (κ2) is 7.51. The SMILES string of the molecule is C=CCN(Cc1cccn1Cc1ccccc1)C(=O)c1ccco1. The highest BCUT2D eigenvalue weighted by molar-refractivity contribution is 5.91. The lowest BCUT2D eigenvalue weighted by atomic mass is 10.2. The van der Waals surface area contributed by atoms with E-state index in [-0.39, 0.29) is 5.91 Å². The largest absolute Gasteiger partial charge is 0.459 e. The maximum absolute atomic E-state index is 12.6. The molecule has 0 radical (unpaired) electrons. The van der Waals surface area contributed by atoms with Crippen LogP contribution in [0.5, 0.6) is 0 Å². The van der Waals surface area contributed by atoms with Gasteiger partial charge in [-0.15, -0.1) is 6.58 Å². The number of carbonyl (C=O) groups excluding carboxylic acids is 1. The van der Waals surface area contributed by atoms with Crippen LogP contribution in [0.2, 0.25) is 0 Å². The molecule has 4 nitrogen and oxygen atoms in total. The monoisotopic (exact) mass is 320 g/mol. The highest BCUT2D eigenvalue weighted by atomic mass is 16.3. The predicted octanol–water partition coefficient (Wildman–Crippen LogP) is 3.96. The lowest BCUT2D eigenvalue weighted by Gasteiger charge is -2.21. The molecular weight excluding hydrogens is 300 g/mol. The van der Waals surface area contributed by atoms with Crippen LogP contribution >= 0.6 is 0 Å². The number of hydrogen-bond donors (Lipinski definition) is 0. The zero-order valence-electron chi connectivity index (χ0n) is 13.5. The van der Waals surface area contributed by atoms with Crippen molar-refractivity contribution in [1.82, 2.24) is 9.47 Å². The summed E-state index contributed by atoms with van der Waals surface area (Å²) in [6, 6.07) is 17.7. The predicted molar refractivity (Wildman–Crippen MR) is 93.6 cm³/mol. The smallest absolute Gasteiger partial charge is 0.290 e. The Morgan fingerprint density at radius 1 is 1.12 bits per heavy atom. The van der Waals surface area contributed by atoms with Gasteiger partial charge in [-0.05, 0) is 29.8 Å². The Kier molecular flexibility index (Phi) is 4.96. The van der Waals surface area contributed by atoms with E-state index in [0.29, 0.717) is 18.8 Å². The first-order valence-corrected chi connectivity index (χ1v) is 7.89. The van der Waals surface area contributed by atoms with Gasteiger partial charge in [0.2, 0.25) is 0 Å². The van der Waals surface area contributed by atoms with Crippen molar-refractivity contribution in [3.63, 3.8) is 0 Å². The van der Waals surface area contributed by atoms with Gasteiger partial charge in [0.15, 0.2) is 5.76 Å². The van der Waals surface area contributed by atoms with E-state index >= 15 is 0 Å². The molecule has 3 rings (SSSR count). The van der Waals surface area contributed by atoms with Crippen molar-refractivity contribution in [2.75, 3.05) is 6.54 Å². The number of carbonyl (C=O) groups is 1. The van der Waals surface area contributed by atoms with Gasteiger partial charge in [-0.2, -0.15) is 0 Å². The standard InChI is InChI=1S/C20H20N2O2/c1-2-12-22(20(23)19-11-7-14-24-19)16-18-10-6-13-21(18)15-17-8-4-3-5-9-17/h2-11,13-14H,1,12,15-16H2. The molecule has 4 heteroatoms. The Labute approximate surface area is 141 Å². The summed E-state index contributed by atoms with van der Waals surface area (Å²) in [5, 5.41) is 0. The summed E-state index contributed by atoms with van der Waals surface area (Å²) in [5.41, 5.74) is 2.29. The number of amides is 1. The first kappa shape index (κ1) is 15.9. The maximum Gasteiger partial charge on any atom is 0.290 e. The molecular formula is C20H20N2O2. The molecule has 122 valence electrons. The van der Waals surface area contributed by atoms with Gasteiger partial charge in [0, 0.05) is 25.0 Å². The third-order valence-electron chi connectivity index (χ3n) is 3.84. The van der Waals surface area contributed by atoms with Crippen molar-refractivity contribution in [1.29, 1.82) is 0 Å². The van der Waals surface area contributed by atoms with E-state index in [1.165, 1.54) is 11.8 Å². The normalized spacial score (nSPS) is 10.5. The van der Waals surface area contributed by atoms with E-state index in [2.05, 4.69) is 23.3 Å². The van der Waals surface area contributed by atoms with Gasteiger partial charge in [-0.1, -0.05) is 36.4 Å². The van der Waals surface area contributed by atoms with Crippen molar-refractivity contribution in [3.05, 3.63) is 96.7 Å². The van der Waals surface area contributed by atoms with Crippen LogP contribution in [0.3, 0.4) is 0 Å². The highest BCUT2D eigenvalue weighted by Crippen LogP contribution is 2.13. The van der Waals surface area contributed by atoms with Crippen LogP contribution in [0, 0.1) is 0 Å². The number of hydrogen-bond acceptors (Lipinski definition) is 2. The summed E-state index contributed by atoms with van der Waals surface area (Å²) in [7, 11) is 0. The van der Waals surface area contributed by atoms with Crippen LogP contribution in [-0.2, 0) is 13.1 Å². The van der Waals surface area contributed by atoms with E-state index in [0.717, 1.165) is 12.2 Å². The van der Waals surface area contributed by atoms with E-state index in [9.17, 15) is 4.79 Å². The fourth-order valence-corrected chi connectivity index (χ4v) is 2.65. The fourth-order valence-electron chi connectivity index (χ4n) is 2.65. The molecule has 0 fully saturated rings. The molecule has 0 bridgehead atoms.